The van der Waals surface area contributed by atoms with Crippen molar-refractivity contribution in [3.05, 3.63) is 18.6 Å². The molecule has 0 aliphatic carbocycles. The molecule has 0 aromatic carbocycles. The molecule has 0 saturated carbocycles. The third kappa shape index (κ3) is 3.63. The molecule has 0 radical (unpaired) electrons. The molecule has 23 heavy (non-hydrogen) atoms. The van der Waals surface area contributed by atoms with E-state index in [4.69, 9.17) is 5.73 Å². The Balaban J connectivity index is 1.59. The average Bonchev–Trinajstić information content (AvgIpc) is 2.62. The smallest absolute Gasteiger partial charge is 0.226 e. The van der Waals surface area contributed by atoms with Crippen LogP contribution in [0.25, 0.3) is 0 Å². The average molecular weight is 317 g/mol. The molecule has 0 bridgehead atoms. The third-order valence-corrected chi connectivity index (χ3v) is 5.16. The Morgan fingerprint density at radius 3 is 2.65 bits per heavy atom. The van der Waals surface area contributed by atoms with Gasteiger partial charge < -0.3 is 15.5 Å². The largest absolute Gasteiger partial charge is 0.355 e. The topological polar surface area (TPSA) is 75.3 Å². The second-order valence-electron chi connectivity index (χ2n) is 6.78. The molecular weight excluding hydrogens is 290 g/mol. The van der Waals surface area contributed by atoms with Gasteiger partial charge in [0.2, 0.25) is 5.91 Å². The molecule has 1 aromatic heterocycles. The second-order valence-corrected chi connectivity index (χ2v) is 6.78. The Kier molecular flexibility index (Phi) is 5.10. The van der Waals surface area contributed by atoms with Crippen molar-refractivity contribution in [2.24, 2.45) is 11.7 Å². The first kappa shape index (κ1) is 16.2. The van der Waals surface area contributed by atoms with Crippen molar-refractivity contribution in [3.8, 4) is 0 Å². The molecule has 3 rings (SSSR count). The minimum absolute atomic E-state index is 0.0546. The maximum absolute atomic E-state index is 12.9. The molecular formula is C17H27N5O. The number of hydrogen-bond acceptors (Lipinski definition) is 5. The van der Waals surface area contributed by atoms with E-state index in [9.17, 15) is 4.79 Å². The van der Waals surface area contributed by atoms with E-state index in [1.165, 1.54) is 6.42 Å². The first-order valence-corrected chi connectivity index (χ1v) is 8.74. The lowest BCUT2D eigenvalue weighted by atomic mass is 9.91. The maximum atomic E-state index is 12.9. The summed E-state index contributed by atoms with van der Waals surface area (Å²) in [5.74, 6) is 1.35. The highest BCUT2D eigenvalue weighted by molar-refractivity contribution is 5.79. The Bertz CT molecular complexity index is 513. The fraction of sp³-hybridized carbons (Fsp3) is 0.706. The van der Waals surface area contributed by atoms with Crippen molar-refractivity contribution in [2.75, 3.05) is 24.5 Å². The number of nitrogens with two attached hydrogens (primary N) is 1. The van der Waals surface area contributed by atoms with Gasteiger partial charge in [0.1, 0.15) is 5.82 Å². The van der Waals surface area contributed by atoms with Crippen LogP contribution in [-0.2, 0) is 4.79 Å². The highest BCUT2D eigenvalue weighted by atomic mass is 16.2. The van der Waals surface area contributed by atoms with Gasteiger partial charge in [-0.3, -0.25) is 9.78 Å². The monoisotopic (exact) mass is 317 g/mol. The Hall–Kier alpha value is -1.69. The van der Waals surface area contributed by atoms with Crippen LogP contribution in [0.4, 0.5) is 5.82 Å². The summed E-state index contributed by atoms with van der Waals surface area (Å²) in [5.41, 5.74) is 6.11. The number of piperidine rings is 2. The molecule has 2 aliphatic heterocycles. The number of aromatic nitrogens is 2. The summed E-state index contributed by atoms with van der Waals surface area (Å²) in [7, 11) is 0. The minimum atomic E-state index is 0.0546. The van der Waals surface area contributed by atoms with Crippen molar-refractivity contribution < 1.29 is 4.79 Å². The fourth-order valence-electron chi connectivity index (χ4n) is 3.82. The lowest BCUT2D eigenvalue weighted by Gasteiger charge is -2.41. The molecule has 2 unspecified atom stereocenters. The molecule has 6 heteroatoms. The van der Waals surface area contributed by atoms with Crippen LogP contribution in [0.1, 0.15) is 39.0 Å². The van der Waals surface area contributed by atoms with E-state index in [0.717, 1.165) is 51.1 Å². The molecule has 3 heterocycles. The zero-order valence-corrected chi connectivity index (χ0v) is 13.9. The van der Waals surface area contributed by atoms with Gasteiger partial charge in [-0.25, -0.2) is 4.98 Å². The second kappa shape index (κ2) is 7.25. The van der Waals surface area contributed by atoms with Crippen molar-refractivity contribution in [3.63, 3.8) is 0 Å². The first-order chi connectivity index (χ1) is 11.2. The summed E-state index contributed by atoms with van der Waals surface area (Å²) in [6.07, 6.45) is 10.3. The highest BCUT2D eigenvalue weighted by Gasteiger charge is 2.34. The SMILES string of the molecule is CC(N)C1CCCCN1C(=O)C1CCN(c2cnccn2)CC1. The van der Waals surface area contributed by atoms with Crippen LogP contribution in [0.2, 0.25) is 0 Å². The van der Waals surface area contributed by atoms with Crippen LogP contribution in [-0.4, -0.2) is 52.5 Å². The lowest BCUT2D eigenvalue weighted by Crippen LogP contribution is -2.54. The van der Waals surface area contributed by atoms with Gasteiger partial charge in [-0.05, 0) is 39.0 Å². The van der Waals surface area contributed by atoms with Gasteiger partial charge in [0, 0.05) is 50.0 Å². The van der Waals surface area contributed by atoms with Gasteiger partial charge in [-0.2, -0.15) is 0 Å². The predicted molar refractivity (Wildman–Crippen MR) is 90.0 cm³/mol. The number of hydrogen-bond donors (Lipinski definition) is 1. The zero-order chi connectivity index (χ0) is 16.2. The lowest BCUT2D eigenvalue weighted by molar-refractivity contribution is -0.140. The molecule has 1 aromatic rings. The molecule has 6 nitrogen and oxygen atoms in total. The molecule has 2 fully saturated rings. The summed E-state index contributed by atoms with van der Waals surface area (Å²) in [6.45, 7) is 4.62. The normalized spacial score (nSPS) is 24.5. The van der Waals surface area contributed by atoms with Crippen LogP contribution < -0.4 is 10.6 Å². The van der Waals surface area contributed by atoms with Gasteiger partial charge >= 0.3 is 0 Å². The van der Waals surface area contributed by atoms with E-state index in [2.05, 4.69) is 19.8 Å². The van der Waals surface area contributed by atoms with E-state index in [1.807, 2.05) is 6.92 Å². The summed E-state index contributed by atoms with van der Waals surface area (Å²) in [5, 5.41) is 0. The zero-order valence-electron chi connectivity index (χ0n) is 13.9. The van der Waals surface area contributed by atoms with Crippen LogP contribution in [0, 0.1) is 5.92 Å². The van der Waals surface area contributed by atoms with Gasteiger partial charge in [-0.15, -0.1) is 0 Å². The number of carbonyl (C=O) groups is 1. The Morgan fingerprint density at radius 2 is 2.00 bits per heavy atom. The molecule has 2 aliphatic rings. The first-order valence-electron chi connectivity index (χ1n) is 8.74. The predicted octanol–water partition coefficient (Wildman–Crippen LogP) is 1.42. The quantitative estimate of drug-likeness (QED) is 0.912. The van der Waals surface area contributed by atoms with Crippen LogP contribution >= 0.6 is 0 Å². The van der Waals surface area contributed by atoms with Gasteiger partial charge in [0.05, 0.1) is 6.20 Å². The van der Waals surface area contributed by atoms with Gasteiger partial charge in [0.25, 0.3) is 0 Å². The standard InChI is InChI=1S/C17H27N5O/c1-13(18)15-4-2-3-9-22(15)17(23)14-5-10-21(11-6-14)16-12-19-7-8-20-16/h7-8,12-15H,2-6,9-11,18H2,1H3. The number of likely N-dealkylation sites (tertiary alicyclic amines) is 1. The number of nitrogens with zero attached hydrogens (tertiary/aromatic N) is 4. The van der Waals surface area contributed by atoms with Crippen molar-refractivity contribution in [2.45, 2.75) is 51.1 Å². The van der Waals surface area contributed by atoms with E-state index in [0.29, 0.717) is 5.91 Å². The molecule has 2 atom stereocenters. The van der Waals surface area contributed by atoms with Gasteiger partial charge in [0.15, 0.2) is 0 Å². The van der Waals surface area contributed by atoms with E-state index in [-0.39, 0.29) is 18.0 Å². The van der Waals surface area contributed by atoms with E-state index < -0.39 is 0 Å². The van der Waals surface area contributed by atoms with E-state index in [1.54, 1.807) is 18.6 Å². The van der Waals surface area contributed by atoms with Gasteiger partial charge in [-0.1, -0.05) is 0 Å². The molecule has 126 valence electrons. The van der Waals surface area contributed by atoms with Crippen molar-refractivity contribution in [1.29, 1.82) is 0 Å². The maximum Gasteiger partial charge on any atom is 0.226 e. The summed E-state index contributed by atoms with van der Waals surface area (Å²) < 4.78 is 0. The molecule has 0 spiro atoms. The summed E-state index contributed by atoms with van der Waals surface area (Å²) >= 11 is 0. The fourth-order valence-corrected chi connectivity index (χ4v) is 3.82. The molecule has 1 amide bonds. The Morgan fingerprint density at radius 1 is 1.22 bits per heavy atom. The summed E-state index contributed by atoms with van der Waals surface area (Å²) in [4.78, 5) is 25.7. The number of carbonyl (C=O) groups excluding carboxylic acids is 1. The van der Waals surface area contributed by atoms with Crippen molar-refractivity contribution >= 4 is 11.7 Å². The Labute approximate surface area is 138 Å². The minimum Gasteiger partial charge on any atom is -0.355 e. The van der Waals surface area contributed by atoms with Crippen LogP contribution in [0.5, 0.6) is 0 Å². The van der Waals surface area contributed by atoms with Crippen LogP contribution in [0.3, 0.4) is 0 Å². The van der Waals surface area contributed by atoms with Crippen LogP contribution in [0.15, 0.2) is 18.6 Å². The molecule has 2 saturated heterocycles. The molecule has 2 N–H and O–H groups in total. The number of anilines is 1. The third-order valence-electron chi connectivity index (χ3n) is 5.16. The number of amides is 1. The van der Waals surface area contributed by atoms with Crippen molar-refractivity contribution in [1.82, 2.24) is 14.9 Å². The van der Waals surface area contributed by atoms with E-state index >= 15 is 0 Å². The highest BCUT2D eigenvalue weighted by Crippen LogP contribution is 2.27. The summed E-state index contributed by atoms with van der Waals surface area (Å²) in [6, 6.07) is 0.271. The number of rotatable bonds is 3.